The topological polar surface area (TPSA) is 44.4 Å². The summed E-state index contributed by atoms with van der Waals surface area (Å²) in [6.07, 6.45) is 0. The van der Waals surface area contributed by atoms with E-state index in [0.29, 0.717) is 0 Å². The van der Waals surface area contributed by atoms with Gasteiger partial charge >= 0.3 is 0 Å². The van der Waals surface area contributed by atoms with Gasteiger partial charge in [-0.1, -0.05) is 0 Å². The Morgan fingerprint density at radius 2 is 2.18 bits per heavy atom. The molecule has 0 bridgehead atoms. The zero-order valence-corrected chi connectivity index (χ0v) is 7.05. The number of carbonyl (C=O) groups excluding carboxylic acids is 1. The van der Waals surface area contributed by atoms with Gasteiger partial charge in [0.25, 0.3) is 0 Å². The Morgan fingerprint density at radius 1 is 1.45 bits per heavy atom. The highest BCUT2D eigenvalue weighted by atomic mass is 16.2. The van der Waals surface area contributed by atoms with Crippen LogP contribution in [0.3, 0.4) is 0 Å². The van der Waals surface area contributed by atoms with Crippen LogP contribution in [0.1, 0.15) is 0 Å². The predicted octanol–water partition coefficient (Wildman–Crippen LogP) is -1.36. The summed E-state index contributed by atoms with van der Waals surface area (Å²) in [7, 11) is 3.55. The summed E-state index contributed by atoms with van der Waals surface area (Å²) in [6.45, 7) is 2.58. The molecule has 1 atom stereocenters. The van der Waals surface area contributed by atoms with Crippen LogP contribution in [0.25, 0.3) is 0 Å². The number of rotatable bonds is 1. The molecule has 1 fully saturated rings. The summed E-state index contributed by atoms with van der Waals surface area (Å²) >= 11 is 0. The van der Waals surface area contributed by atoms with Gasteiger partial charge in [0, 0.05) is 33.7 Å². The number of amides is 1. The second-order valence-corrected chi connectivity index (χ2v) is 2.94. The third kappa shape index (κ3) is 2.17. The molecule has 0 aromatic heterocycles. The SMILES string of the molecule is CN(C)C(=O)[C@@H]1CNCCN1. The Morgan fingerprint density at radius 3 is 2.64 bits per heavy atom. The van der Waals surface area contributed by atoms with Crippen LogP contribution in [0.4, 0.5) is 0 Å². The Labute approximate surface area is 66.9 Å². The smallest absolute Gasteiger partial charge is 0.240 e. The number of nitrogens with zero attached hydrogens (tertiary/aromatic N) is 1. The molecule has 0 aromatic rings. The third-order valence-corrected chi connectivity index (χ3v) is 1.78. The minimum absolute atomic E-state index is 0.0289. The molecule has 1 heterocycles. The monoisotopic (exact) mass is 157 g/mol. The molecule has 0 radical (unpaired) electrons. The van der Waals surface area contributed by atoms with E-state index >= 15 is 0 Å². The molecular weight excluding hydrogens is 142 g/mol. The Kier molecular flexibility index (Phi) is 2.84. The lowest BCUT2D eigenvalue weighted by Gasteiger charge is -2.25. The molecule has 1 aliphatic rings. The predicted molar refractivity (Wildman–Crippen MR) is 43.4 cm³/mol. The molecule has 11 heavy (non-hydrogen) atoms. The molecular formula is C7H15N3O. The summed E-state index contributed by atoms with van der Waals surface area (Å²) in [4.78, 5) is 12.9. The normalized spacial score (nSPS) is 24.7. The van der Waals surface area contributed by atoms with E-state index in [4.69, 9.17) is 0 Å². The first-order chi connectivity index (χ1) is 5.22. The van der Waals surface area contributed by atoms with Crippen LogP contribution in [0, 0.1) is 0 Å². The van der Waals surface area contributed by atoms with E-state index in [1.807, 2.05) is 0 Å². The Balaban J connectivity index is 2.39. The first kappa shape index (κ1) is 8.49. The second kappa shape index (κ2) is 3.69. The molecule has 0 unspecified atom stereocenters. The lowest BCUT2D eigenvalue weighted by atomic mass is 10.2. The van der Waals surface area contributed by atoms with Gasteiger partial charge in [0.1, 0.15) is 0 Å². The van der Waals surface area contributed by atoms with Crippen molar-refractivity contribution in [1.82, 2.24) is 15.5 Å². The molecule has 0 aliphatic carbocycles. The zero-order chi connectivity index (χ0) is 8.27. The molecule has 0 spiro atoms. The van der Waals surface area contributed by atoms with Crippen molar-refractivity contribution < 1.29 is 4.79 Å². The molecule has 1 saturated heterocycles. The van der Waals surface area contributed by atoms with Crippen LogP contribution in [0.2, 0.25) is 0 Å². The highest BCUT2D eigenvalue weighted by Gasteiger charge is 2.20. The van der Waals surface area contributed by atoms with E-state index in [1.54, 1.807) is 19.0 Å². The van der Waals surface area contributed by atoms with Crippen molar-refractivity contribution in [3.05, 3.63) is 0 Å². The molecule has 64 valence electrons. The fourth-order valence-electron chi connectivity index (χ4n) is 1.14. The number of carbonyl (C=O) groups is 1. The molecule has 4 heteroatoms. The van der Waals surface area contributed by atoms with Gasteiger partial charge in [-0.25, -0.2) is 0 Å². The van der Waals surface area contributed by atoms with Crippen molar-refractivity contribution in [3.8, 4) is 0 Å². The first-order valence-electron chi connectivity index (χ1n) is 3.87. The van der Waals surface area contributed by atoms with Crippen LogP contribution in [0.15, 0.2) is 0 Å². The fraction of sp³-hybridized carbons (Fsp3) is 0.857. The molecule has 1 amide bonds. The van der Waals surface area contributed by atoms with E-state index in [1.165, 1.54) is 0 Å². The summed E-state index contributed by atoms with van der Waals surface area (Å²) in [5, 5.41) is 6.31. The van der Waals surface area contributed by atoms with Gasteiger partial charge < -0.3 is 15.5 Å². The van der Waals surface area contributed by atoms with Gasteiger partial charge in [0.2, 0.25) is 5.91 Å². The number of likely N-dealkylation sites (N-methyl/N-ethyl adjacent to an activating group) is 1. The number of hydrogen-bond donors (Lipinski definition) is 2. The Bertz CT molecular complexity index is 141. The maximum absolute atomic E-state index is 11.3. The fourth-order valence-corrected chi connectivity index (χ4v) is 1.14. The first-order valence-corrected chi connectivity index (χ1v) is 3.87. The summed E-state index contributed by atoms with van der Waals surface area (Å²) in [6, 6.07) is -0.0289. The van der Waals surface area contributed by atoms with Crippen LogP contribution < -0.4 is 10.6 Å². The van der Waals surface area contributed by atoms with Crippen molar-refractivity contribution in [2.24, 2.45) is 0 Å². The van der Waals surface area contributed by atoms with Crippen molar-refractivity contribution in [2.75, 3.05) is 33.7 Å². The lowest BCUT2D eigenvalue weighted by molar-refractivity contribution is -0.131. The van der Waals surface area contributed by atoms with Gasteiger partial charge in [-0.3, -0.25) is 4.79 Å². The van der Waals surface area contributed by atoms with Gasteiger partial charge in [0.05, 0.1) is 6.04 Å². The minimum atomic E-state index is -0.0289. The number of piperazine rings is 1. The molecule has 1 aliphatic heterocycles. The van der Waals surface area contributed by atoms with Gasteiger partial charge in [0.15, 0.2) is 0 Å². The highest BCUT2D eigenvalue weighted by molar-refractivity contribution is 5.81. The van der Waals surface area contributed by atoms with E-state index in [0.717, 1.165) is 19.6 Å². The van der Waals surface area contributed by atoms with Crippen LogP contribution in [-0.2, 0) is 4.79 Å². The highest BCUT2D eigenvalue weighted by Crippen LogP contribution is 1.91. The van der Waals surface area contributed by atoms with Crippen molar-refractivity contribution >= 4 is 5.91 Å². The molecule has 2 N–H and O–H groups in total. The van der Waals surface area contributed by atoms with Crippen LogP contribution in [0.5, 0.6) is 0 Å². The molecule has 0 saturated carbocycles. The van der Waals surface area contributed by atoms with Gasteiger partial charge in [-0.05, 0) is 0 Å². The summed E-state index contributed by atoms with van der Waals surface area (Å²) < 4.78 is 0. The van der Waals surface area contributed by atoms with E-state index in [2.05, 4.69) is 10.6 Å². The van der Waals surface area contributed by atoms with Gasteiger partial charge in [-0.2, -0.15) is 0 Å². The average Bonchev–Trinajstić information content (AvgIpc) is 2.05. The molecule has 4 nitrogen and oxygen atoms in total. The quantitative estimate of drug-likeness (QED) is 0.494. The van der Waals surface area contributed by atoms with E-state index < -0.39 is 0 Å². The van der Waals surface area contributed by atoms with E-state index in [9.17, 15) is 4.79 Å². The standard InChI is InChI=1S/C7H15N3O/c1-10(2)7(11)6-5-8-3-4-9-6/h6,8-9H,3-5H2,1-2H3/t6-/m0/s1. The molecule has 0 aromatic carbocycles. The van der Waals surface area contributed by atoms with Crippen molar-refractivity contribution in [1.29, 1.82) is 0 Å². The van der Waals surface area contributed by atoms with Crippen molar-refractivity contribution in [3.63, 3.8) is 0 Å². The van der Waals surface area contributed by atoms with E-state index in [-0.39, 0.29) is 11.9 Å². The maximum Gasteiger partial charge on any atom is 0.240 e. The maximum atomic E-state index is 11.3. The Hall–Kier alpha value is -0.610. The third-order valence-electron chi connectivity index (χ3n) is 1.78. The van der Waals surface area contributed by atoms with Crippen LogP contribution in [-0.4, -0.2) is 50.6 Å². The lowest BCUT2D eigenvalue weighted by Crippen LogP contribution is -2.55. The second-order valence-electron chi connectivity index (χ2n) is 2.94. The number of hydrogen-bond acceptors (Lipinski definition) is 3. The largest absolute Gasteiger partial charge is 0.347 e. The van der Waals surface area contributed by atoms with Gasteiger partial charge in [-0.15, -0.1) is 0 Å². The zero-order valence-electron chi connectivity index (χ0n) is 7.05. The average molecular weight is 157 g/mol. The molecule has 1 rings (SSSR count). The minimum Gasteiger partial charge on any atom is -0.347 e. The summed E-state index contributed by atoms with van der Waals surface area (Å²) in [5.41, 5.74) is 0. The summed E-state index contributed by atoms with van der Waals surface area (Å²) in [5.74, 6) is 0.150. The van der Waals surface area contributed by atoms with Crippen molar-refractivity contribution in [2.45, 2.75) is 6.04 Å². The number of nitrogens with one attached hydrogen (secondary N) is 2. The van der Waals surface area contributed by atoms with Crippen LogP contribution >= 0.6 is 0 Å².